The van der Waals surface area contributed by atoms with Gasteiger partial charge in [0.2, 0.25) is 0 Å². The minimum absolute atomic E-state index is 0.117. The minimum atomic E-state index is -0.787. The minimum Gasteiger partial charge on any atom is -0.411 e. The average molecular weight is 468 g/mol. The number of nitrogens with one attached hydrogen (secondary N) is 1. The lowest BCUT2D eigenvalue weighted by molar-refractivity contribution is 0.0869. The van der Waals surface area contributed by atoms with Gasteiger partial charge >= 0.3 is 0 Å². The van der Waals surface area contributed by atoms with Crippen molar-refractivity contribution < 1.29 is 23.9 Å². The van der Waals surface area contributed by atoms with E-state index >= 15 is 0 Å². The quantitative estimate of drug-likeness (QED) is 0.257. The number of amides is 1. The lowest BCUT2D eigenvalue weighted by Crippen LogP contribution is -2.46. The maximum absolute atomic E-state index is 14.8. The molecule has 2 aromatic carbocycles. The summed E-state index contributed by atoms with van der Waals surface area (Å²) in [6.07, 6.45) is 1.70. The van der Waals surface area contributed by atoms with E-state index in [1.54, 1.807) is 63.4 Å². The van der Waals surface area contributed by atoms with Gasteiger partial charge in [-0.15, -0.1) is 0 Å². The van der Waals surface area contributed by atoms with Gasteiger partial charge < -0.3 is 15.6 Å². The lowest BCUT2D eigenvalue weighted by atomic mass is 9.84. The highest BCUT2D eigenvalue weighted by atomic mass is 19.1. The van der Waals surface area contributed by atoms with Crippen molar-refractivity contribution in [3.63, 3.8) is 0 Å². The number of aliphatic hydroxyl groups excluding tert-OH is 1. The number of aromatic nitrogens is 1. The van der Waals surface area contributed by atoms with Crippen molar-refractivity contribution in [2.24, 2.45) is 5.16 Å². The van der Waals surface area contributed by atoms with Crippen LogP contribution in [0.5, 0.6) is 0 Å². The fourth-order valence-corrected chi connectivity index (χ4v) is 3.61. The summed E-state index contributed by atoms with van der Waals surface area (Å²) in [6.45, 7) is 4.98. The molecule has 1 unspecified atom stereocenters. The Morgan fingerprint density at radius 3 is 2.38 bits per heavy atom. The Morgan fingerprint density at radius 2 is 1.79 bits per heavy atom. The second-order valence-corrected chi connectivity index (χ2v) is 8.77. The molecule has 3 aromatic rings. The molecule has 0 fully saturated rings. The molecule has 1 heterocycles. The van der Waals surface area contributed by atoms with Crippen molar-refractivity contribution in [1.82, 2.24) is 10.3 Å². The summed E-state index contributed by atoms with van der Waals surface area (Å²) in [4.78, 5) is 16.7. The summed E-state index contributed by atoms with van der Waals surface area (Å²) in [6, 6.07) is 13.4. The van der Waals surface area contributed by atoms with Crippen LogP contribution in [0, 0.1) is 18.6 Å². The van der Waals surface area contributed by atoms with Gasteiger partial charge in [-0.2, -0.15) is 0 Å². The van der Waals surface area contributed by atoms with Gasteiger partial charge in [0.15, 0.2) is 0 Å². The molecule has 0 aliphatic carbocycles. The molecule has 1 amide bonds. The summed E-state index contributed by atoms with van der Waals surface area (Å²) in [5.74, 6) is -2.40. The summed E-state index contributed by atoms with van der Waals surface area (Å²) in [5, 5.41) is 25.3. The first-order valence-corrected chi connectivity index (χ1v) is 10.8. The van der Waals surface area contributed by atoms with E-state index in [0.717, 1.165) is 11.8 Å². The number of halogens is 2. The number of nitrogens with zero attached hydrogens (tertiary/aromatic N) is 2. The van der Waals surface area contributed by atoms with Crippen LogP contribution in [-0.2, 0) is 0 Å². The van der Waals surface area contributed by atoms with Crippen molar-refractivity contribution in [3.8, 4) is 0 Å². The van der Waals surface area contributed by atoms with E-state index in [-0.39, 0.29) is 24.5 Å². The van der Waals surface area contributed by atoms with E-state index in [9.17, 15) is 23.9 Å². The zero-order chi connectivity index (χ0) is 24.9. The molecule has 0 aliphatic rings. The Balaban J connectivity index is 1.98. The molecule has 3 rings (SSSR count). The van der Waals surface area contributed by atoms with Crippen LogP contribution >= 0.6 is 0 Å². The number of pyridine rings is 1. The smallest absolute Gasteiger partial charge is 0.251 e. The maximum atomic E-state index is 14.8. The number of hydrogen-bond donors (Lipinski definition) is 3. The molecule has 1 aromatic heterocycles. The molecule has 1 atom stereocenters. The topological polar surface area (TPSA) is 94.8 Å². The van der Waals surface area contributed by atoms with Crippen LogP contribution in [0.3, 0.4) is 0 Å². The van der Waals surface area contributed by atoms with Gasteiger partial charge in [0.1, 0.15) is 11.6 Å². The summed E-state index contributed by atoms with van der Waals surface area (Å²) >= 11 is 0. The zero-order valence-corrected chi connectivity index (χ0v) is 19.2. The van der Waals surface area contributed by atoms with Gasteiger partial charge in [-0.3, -0.25) is 9.78 Å². The fraction of sp³-hybridized carbons (Fsp3) is 0.269. The molecule has 3 N–H and O–H groups in total. The Morgan fingerprint density at radius 1 is 1.09 bits per heavy atom. The Labute approximate surface area is 197 Å². The van der Waals surface area contributed by atoms with Crippen LogP contribution < -0.4 is 5.32 Å². The number of rotatable bonds is 8. The van der Waals surface area contributed by atoms with E-state index in [0.29, 0.717) is 22.4 Å². The summed E-state index contributed by atoms with van der Waals surface area (Å²) in [7, 11) is 0. The van der Waals surface area contributed by atoms with Crippen molar-refractivity contribution in [2.45, 2.75) is 38.6 Å². The van der Waals surface area contributed by atoms with Crippen LogP contribution in [-0.4, -0.2) is 39.1 Å². The van der Waals surface area contributed by atoms with Crippen LogP contribution in [0.2, 0.25) is 0 Å². The Kier molecular flexibility index (Phi) is 7.73. The first kappa shape index (κ1) is 25.0. The normalized spacial score (nSPS) is 12.9. The van der Waals surface area contributed by atoms with E-state index < -0.39 is 23.1 Å². The first-order chi connectivity index (χ1) is 16.1. The molecular weight excluding hydrogens is 440 g/mol. The highest BCUT2D eigenvalue weighted by Gasteiger charge is 2.24. The predicted molar refractivity (Wildman–Crippen MR) is 125 cm³/mol. The van der Waals surface area contributed by atoms with E-state index in [1.165, 1.54) is 12.1 Å². The number of oxime groups is 1. The van der Waals surface area contributed by atoms with E-state index in [2.05, 4.69) is 15.5 Å². The largest absolute Gasteiger partial charge is 0.411 e. The summed E-state index contributed by atoms with van der Waals surface area (Å²) in [5.41, 5.74) is 2.12. The molecule has 8 heteroatoms. The molecule has 178 valence electrons. The van der Waals surface area contributed by atoms with Crippen LogP contribution in [0.4, 0.5) is 8.78 Å². The number of hydrogen-bond acceptors (Lipinski definition) is 5. The third kappa shape index (κ3) is 6.02. The zero-order valence-electron chi connectivity index (χ0n) is 19.2. The SMILES string of the molecule is Cc1cc(/C(CC(c2ccc(C(=O)NC(C)(C)CO)cc2)c2ccc(F)cc2F)=N\O)ccn1. The number of carbonyl (C=O) groups is 1. The highest BCUT2D eigenvalue weighted by molar-refractivity contribution is 6.01. The monoisotopic (exact) mass is 467 g/mol. The number of aliphatic hydroxyl groups is 1. The van der Waals surface area contributed by atoms with Gasteiger partial charge in [-0.05, 0) is 62.2 Å². The van der Waals surface area contributed by atoms with Crippen molar-refractivity contribution in [2.75, 3.05) is 6.61 Å². The van der Waals surface area contributed by atoms with Crippen LogP contribution in [0.15, 0.2) is 65.9 Å². The second-order valence-electron chi connectivity index (χ2n) is 8.77. The van der Waals surface area contributed by atoms with E-state index in [4.69, 9.17) is 0 Å². The Hall–Kier alpha value is -3.65. The molecule has 0 bridgehead atoms. The molecule has 0 spiro atoms. The van der Waals surface area contributed by atoms with Gasteiger partial charge in [-0.1, -0.05) is 23.4 Å². The standard InChI is InChI=1S/C26H27F2N3O3/c1-16-12-19(10-11-29-16)24(31-34)14-22(21-9-8-20(27)13-23(21)28)17-4-6-18(7-5-17)25(33)30-26(2,3)15-32/h4-13,22,32,34H,14-15H2,1-3H3,(H,30,33)/b31-24-. The number of benzene rings is 2. The molecule has 6 nitrogen and oxygen atoms in total. The van der Waals surface area contributed by atoms with Crippen LogP contribution in [0.1, 0.15) is 58.9 Å². The molecule has 0 saturated heterocycles. The molecule has 0 radical (unpaired) electrons. The highest BCUT2D eigenvalue weighted by Crippen LogP contribution is 2.32. The third-order valence-corrected chi connectivity index (χ3v) is 5.51. The molecular formula is C26H27F2N3O3. The van der Waals surface area contributed by atoms with Gasteiger partial charge in [0.25, 0.3) is 5.91 Å². The van der Waals surface area contributed by atoms with Crippen molar-refractivity contribution in [3.05, 3.63) is 100 Å². The molecule has 0 saturated carbocycles. The second kappa shape index (κ2) is 10.5. The maximum Gasteiger partial charge on any atom is 0.251 e. The predicted octanol–water partition coefficient (Wildman–Crippen LogP) is 4.57. The van der Waals surface area contributed by atoms with Crippen molar-refractivity contribution in [1.29, 1.82) is 0 Å². The van der Waals surface area contributed by atoms with Gasteiger partial charge in [-0.25, -0.2) is 8.78 Å². The number of aryl methyl sites for hydroxylation is 1. The third-order valence-electron chi connectivity index (χ3n) is 5.51. The fourth-order valence-electron chi connectivity index (χ4n) is 3.61. The number of carbonyl (C=O) groups excluding carboxylic acids is 1. The summed E-state index contributed by atoms with van der Waals surface area (Å²) < 4.78 is 28.4. The van der Waals surface area contributed by atoms with Crippen molar-refractivity contribution >= 4 is 11.6 Å². The average Bonchev–Trinajstić information content (AvgIpc) is 2.80. The molecule has 0 aliphatic heterocycles. The van der Waals surface area contributed by atoms with Crippen LogP contribution in [0.25, 0.3) is 0 Å². The Bertz CT molecular complexity index is 1190. The van der Waals surface area contributed by atoms with Gasteiger partial charge in [0.05, 0.1) is 17.9 Å². The first-order valence-electron chi connectivity index (χ1n) is 10.8. The lowest BCUT2D eigenvalue weighted by Gasteiger charge is -2.24. The van der Waals surface area contributed by atoms with Gasteiger partial charge in [0, 0.05) is 41.4 Å². The molecule has 34 heavy (non-hydrogen) atoms. The van der Waals surface area contributed by atoms with E-state index in [1.807, 2.05) is 0 Å².